The standard InChI is InChI=1S/C16H18N4O3/c1-23-9-6-14-19-13-10-18-12-5-3-2-4-11(12)15(13)20(14)8-7-17-16(21)22/h2-5,10,17H,6-9H2,1H3,(H,21,22). The molecule has 0 aliphatic heterocycles. The molecule has 7 nitrogen and oxygen atoms in total. The fourth-order valence-electron chi connectivity index (χ4n) is 2.71. The monoisotopic (exact) mass is 314 g/mol. The van der Waals surface area contributed by atoms with Gasteiger partial charge < -0.3 is 19.7 Å². The molecule has 0 unspecified atom stereocenters. The number of amides is 1. The molecule has 0 saturated carbocycles. The number of benzene rings is 1. The Morgan fingerprint density at radius 1 is 1.35 bits per heavy atom. The summed E-state index contributed by atoms with van der Waals surface area (Å²) in [5.41, 5.74) is 2.68. The predicted molar refractivity (Wildman–Crippen MR) is 86.6 cm³/mol. The lowest BCUT2D eigenvalue weighted by Crippen LogP contribution is -2.26. The van der Waals surface area contributed by atoms with E-state index in [1.54, 1.807) is 13.3 Å². The number of hydrogen-bond acceptors (Lipinski definition) is 4. The summed E-state index contributed by atoms with van der Waals surface area (Å²) in [6.45, 7) is 1.38. The molecule has 0 bridgehead atoms. The van der Waals surface area contributed by atoms with Gasteiger partial charge in [-0.25, -0.2) is 9.78 Å². The van der Waals surface area contributed by atoms with E-state index in [0.29, 0.717) is 26.1 Å². The number of imidazole rings is 1. The summed E-state index contributed by atoms with van der Waals surface area (Å²) in [5.74, 6) is 0.868. The van der Waals surface area contributed by atoms with E-state index >= 15 is 0 Å². The van der Waals surface area contributed by atoms with Gasteiger partial charge in [-0.15, -0.1) is 0 Å². The van der Waals surface area contributed by atoms with Crippen molar-refractivity contribution in [3.8, 4) is 0 Å². The average Bonchev–Trinajstić information content (AvgIpc) is 2.91. The van der Waals surface area contributed by atoms with E-state index in [-0.39, 0.29) is 0 Å². The first-order valence-corrected chi connectivity index (χ1v) is 7.39. The van der Waals surface area contributed by atoms with Crippen LogP contribution in [0.25, 0.3) is 21.9 Å². The molecule has 0 saturated heterocycles. The first-order valence-electron chi connectivity index (χ1n) is 7.39. The maximum atomic E-state index is 10.7. The van der Waals surface area contributed by atoms with Crippen LogP contribution in [0.1, 0.15) is 5.82 Å². The van der Waals surface area contributed by atoms with E-state index in [0.717, 1.165) is 27.8 Å². The smallest absolute Gasteiger partial charge is 0.404 e. The van der Waals surface area contributed by atoms with Crippen molar-refractivity contribution in [3.05, 3.63) is 36.3 Å². The molecule has 0 spiro atoms. The number of ether oxygens (including phenoxy) is 1. The lowest BCUT2D eigenvalue weighted by atomic mass is 10.2. The molecule has 2 N–H and O–H groups in total. The molecule has 1 aromatic carbocycles. The summed E-state index contributed by atoms with van der Waals surface area (Å²) in [6, 6.07) is 7.87. The Hall–Kier alpha value is -2.67. The molecule has 0 aliphatic carbocycles. The Morgan fingerprint density at radius 3 is 2.96 bits per heavy atom. The minimum atomic E-state index is -1.03. The Balaban J connectivity index is 2.09. The summed E-state index contributed by atoms with van der Waals surface area (Å²) in [5, 5.41) is 12.2. The van der Waals surface area contributed by atoms with E-state index in [1.165, 1.54) is 0 Å². The summed E-state index contributed by atoms with van der Waals surface area (Å²) in [7, 11) is 1.65. The van der Waals surface area contributed by atoms with Crippen LogP contribution in [0.4, 0.5) is 4.79 Å². The number of nitrogens with zero attached hydrogens (tertiary/aromatic N) is 3. The van der Waals surface area contributed by atoms with Gasteiger partial charge in [0.25, 0.3) is 0 Å². The second kappa shape index (κ2) is 6.62. The van der Waals surface area contributed by atoms with Gasteiger partial charge in [-0.05, 0) is 6.07 Å². The highest BCUT2D eigenvalue weighted by Gasteiger charge is 2.14. The van der Waals surface area contributed by atoms with Crippen molar-refractivity contribution < 1.29 is 14.6 Å². The lowest BCUT2D eigenvalue weighted by molar-refractivity contribution is 0.193. The molecule has 3 rings (SSSR count). The minimum Gasteiger partial charge on any atom is -0.465 e. The van der Waals surface area contributed by atoms with Crippen LogP contribution in [-0.4, -0.2) is 46.0 Å². The molecule has 2 heterocycles. The van der Waals surface area contributed by atoms with Crippen LogP contribution in [-0.2, 0) is 17.7 Å². The van der Waals surface area contributed by atoms with Crippen molar-refractivity contribution in [2.24, 2.45) is 0 Å². The molecule has 3 aromatic rings. The van der Waals surface area contributed by atoms with E-state index in [9.17, 15) is 4.79 Å². The van der Waals surface area contributed by atoms with Crippen LogP contribution in [0.5, 0.6) is 0 Å². The molecular weight excluding hydrogens is 296 g/mol. The molecule has 0 atom stereocenters. The maximum absolute atomic E-state index is 10.7. The van der Waals surface area contributed by atoms with E-state index in [4.69, 9.17) is 9.84 Å². The van der Waals surface area contributed by atoms with Crippen LogP contribution in [0.2, 0.25) is 0 Å². The largest absolute Gasteiger partial charge is 0.465 e. The Morgan fingerprint density at radius 2 is 2.17 bits per heavy atom. The zero-order chi connectivity index (χ0) is 16.2. The second-order valence-corrected chi connectivity index (χ2v) is 5.16. The van der Waals surface area contributed by atoms with Gasteiger partial charge in [0.2, 0.25) is 0 Å². The van der Waals surface area contributed by atoms with Crippen molar-refractivity contribution in [3.63, 3.8) is 0 Å². The molecule has 0 aliphatic rings. The van der Waals surface area contributed by atoms with Crippen molar-refractivity contribution in [2.45, 2.75) is 13.0 Å². The van der Waals surface area contributed by atoms with Crippen LogP contribution < -0.4 is 5.32 Å². The van der Waals surface area contributed by atoms with Crippen molar-refractivity contribution in [1.82, 2.24) is 19.9 Å². The first kappa shape index (κ1) is 15.2. The normalized spacial score (nSPS) is 11.2. The number of para-hydroxylation sites is 1. The van der Waals surface area contributed by atoms with Gasteiger partial charge in [-0.1, -0.05) is 18.2 Å². The van der Waals surface area contributed by atoms with E-state index in [2.05, 4.69) is 15.3 Å². The summed E-state index contributed by atoms with van der Waals surface area (Å²) >= 11 is 0. The van der Waals surface area contributed by atoms with Crippen LogP contribution in [0, 0.1) is 0 Å². The highest BCUT2D eigenvalue weighted by atomic mass is 16.5. The van der Waals surface area contributed by atoms with E-state index in [1.807, 2.05) is 28.8 Å². The fourth-order valence-corrected chi connectivity index (χ4v) is 2.71. The van der Waals surface area contributed by atoms with Crippen LogP contribution in [0.15, 0.2) is 30.5 Å². The van der Waals surface area contributed by atoms with Gasteiger partial charge in [0.05, 0.1) is 23.8 Å². The fraction of sp³-hybridized carbons (Fsp3) is 0.312. The number of aromatic nitrogens is 3. The van der Waals surface area contributed by atoms with Gasteiger partial charge in [0.1, 0.15) is 11.3 Å². The summed E-state index contributed by atoms with van der Waals surface area (Å²) < 4.78 is 7.20. The second-order valence-electron chi connectivity index (χ2n) is 5.16. The number of fused-ring (bicyclic) bond motifs is 3. The predicted octanol–water partition coefficient (Wildman–Crippen LogP) is 2.04. The topological polar surface area (TPSA) is 89.3 Å². The average molecular weight is 314 g/mol. The number of rotatable bonds is 6. The highest BCUT2D eigenvalue weighted by Crippen LogP contribution is 2.24. The van der Waals surface area contributed by atoms with Crippen molar-refractivity contribution >= 4 is 28.0 Å². The SMILES string of the molecule is COCCc1nc2cnc3ccccc3c2n1CCNC(=O)O. The number of pyridine rings is 1. The van der Waals surface area contributed by atoms with Gasteiger partial charge in [-0.3, -0.25) is 4.98 Å². The van der Waals surface area contributed by atoms with Crippen LogP contribution >= 0.6 is 0 Å². The van der Waals surface area contributed by atoms with E-state index < -0.39 is 6.09 Å². The van der Waals surface area contributed by atoms with Gasteiger partial charge in [-0.2, -0.15) is 0 Å². The third-order valence-corrected chi connectivity index (χ3v) is 3.70. The minimum absolute atomic E-state index is 0.317. The molecule has 0 fully saturated rings. The zero-order valence-electron chi connectivity index (χ0n) is 12.8. The molecule has 0 radical (unpaired) electrons. The third kappa shape index (κ3) is 3.09. The molecule has 23 heavy (non-hydrogen) atoms. The molecule has 2 aromatic heterocycles. The molecule has 1 amide bonds. The lowest BCUT2D eigenvalue weighted by Gasteiger charge is -2.10. The molecule has 7 heteroatoms. The Bertz CT molecular complexity index is 844. The number of carbonyl (C=O) groups is 1. The number of methoxy groups -OCH3 is 1. The quantitative estimate of drug-likeness (QED) is 0.727. The highest BCUT2D eigenvalue weighted by molar-refractivity contribution is 6.02. The molecule has 120 valence electrons. The zero-order valence-corrected chi connectivity index (χ0v) is 12.8. The van der Waals surface area contributed by atoms with Crippen LogP contribution in [0.3, 0.4) is 0 Å². The van der Waals surface area contributed by atoms with Gasteiger partial charge in [0.15, 0.2) is 0 Å². The summed E-state index contributed by atoms with van der Waals surface area (Å²) in [4.78, 5) is 19.8. The maximum Gasteiger partial charge on any atom is 0.404 e. The Kier molecular flexibility index (Phi) is 4.38. The van der Waals surface area contributed by atoms with Gasteiger partial charge >= 0.3 is 6.09 Å². The summed E-state index contributed by atoms with van der Waals surface area (Å²) in [6.07, 6.45) is 1.39. The number of hydrogen-bond donors (Lipinski definition) is 2. The third-order valence-electron chi connectivity index (χ3n) is 3.70. The Labute approximate surface area is 132 Å². The van der Waals surface area contributed by atoms with Gasteiger partial charge in [0, 0.05) is 32.0 Å². The van der Waals surface area contributed by atoms with Crippen molar-refractivity contribution in [1.29, 1.82) is 0 Å². The number of nitrogens with one attached hydrogen (secondary N) is 1. The van der Waals surface area contributed by atoms with Crippen molar-refractivity contribution in [2.75, 3.05) is 20.3 Å². The first-order chi connectivity index (χ1) is 11.2. The number of carboxylic acid groups (broad SMARTS) is 1. The molecular formula is C16H18N4O3.